The average molecular weight is 162 g/mol. The van der Waals surface area contributed by atoms with Gasteiger partial charge in [-0.05, 0) is 24.5 Å². The third-order valence-electron chi connectivity index (χ3n) is 2.13. The first-order valence-corrected chi connectivity index (χ1v) is 4.05. The molecule has 1 aliphatic rings. The maximum Gasteiger partial charge on any atom is 0.142 e. The maximum atomic E-state index is 10.5. The lowest BCUT2D eigenvalue weighted by Gasteiger charge is -2.22. The number of fused-ring (bicyclic) bond motifs is 1. The second kappa shape index (κ2) is 2.93. The van der Waals surface area contributed by atoms with Crippen LogP contribution in [0.3, 0.4) is 0 Å². The van der Waals surface area contributed by atoms with Crippen LogP contribution in [-0.4, -0.2) is 17.3 Å². The Morgan fingerprint density at radius 1 is 1.67 bits per heavy atom. The number of hydrogen-bond acceptors (Lipinski definition) is 3. The highest BCUT2D eigenvalue weighted by atomic mass is 16.1. The molecule has 2 rings (SSSR count). The van der Waals surface area contributed by atoms with Crippen LogP contribution in [0.15, 0.2) is 18.5 Å². The summed E-state index contributed by atoms with van der Waals surface area (Å²) in [4.78, 5) is 14.5. The molecule has 3 heteroatoms. The van der Waals surface area contributed by atoms with Gasteiger partial charge in [-0.3, -0.25) is 4.98 Å². The number of anilines is 1. The molecule has 0 aromatic carbocycles. The third kappa shape index (κ3) is 1.18. The van der Waals surface area contributed by atoms with Gasteiger partial charge < -0.3 is 10.1 Å². The highest BCUT2D eigenvalue weighted by Crippen LogP contribution is 2.22. The fourth-order valence-corrected chi connectivity index (χ4v) is 1.45. The van der Waals surface area contributed by atoms with Crippen molar-refractivity contribution >= 4 is 12.0 Å². The highest BCUT2D eigenvalue weighted by Gasteiger charge is 2.15. The molecule has 1 aliphatic heterocycles. The van der Waals surface area contributed by atoms with Crippen molar-refractivity contribution in [3.8, 4) is 0 Å². The summed E-state index contributed by atoms with van der Waals surface area (Å²) in [6.45, 7) is 0. The number of rotatable bonds is 1. The van der Waals surface area contributed by atoms with E-state index in [1.165, 1.54) is 5.56 Å². The van der Waals surface area contributed by atoms with Crippen molar-refractivity contribution in [2.24, 2.45) is 0 Å². The molecule has 0 saturated carbocycles. The minimum Gasteiger partial charge on any atom is -0.375 e. The first kappa shape index (κ1) is 7.28. The zero-order chi connectivity index (χ0) is 8.39. The lowest BCUT2D eigenvalue weighted by molar-refractivity contribution is -0.108. The van der Waals surface area contributed by atoms with Crippen molar-refractivity contribution in [2.75, 3.05) is 5.32 Å². The fourth-order valence-electron chi connectivity index (χ4n) is 1.45. The summed E-state index contributed by atoms with van der Waals surface area (Å²) in [6.07, 6.45) is 6.37. The van der Waals surface area contributed by atoms with Gasteiger partial charge in [0.1, 0.15) is 6.29 Å². The van der Waals surface area contributed by atoms with Gasteiger partial charge in [-0.2, -0.15) is 0 Å². The molecule has 0 spiro atoms. The van der Waals surface area contributed by atoms with E-state index in [1.54, 1.807) is 6.20 Å². The molecule has 0 saturated heterocycles. The van der Waals surface area contributed by atoms with Crippen LogP contribution in [0.4, 0.5) is 5.69 Å². The van der Waals surface area contributed by atoms with E-state index in [4.69, 9.17) is 0 Å². The molecule has 3 nitrogen and oxygen atoms in total. The molecule has 1 atom stereocenters. The lowest BCUT2D eigenvalue weighted by atomic mass is 10.0. The van der Waals surface area contributed by atoms with E-state index in [1.807, 2.05) is 12.3 Å². The number of aldehydes is 1. The first-order chi connectivity index (χ1) is 5.90. The number of pyridine rings is 1. The molecule has 0 bridgehead atoms. The summed E-state index contributed by atoms with van der Waals surface area (Å²) >= 11 is 0. The SMILES string of the molecule is O=CC1CCc2cnccc2N1. The van der Waals surface area contributed by atoms with E-state index in [-0.39, 0.29) is 6.04 Å². The largest absolute Gasteiger partial charge is 0.375 e. The van der Waals surface area contributed by atoms with Crippen LogP contribution < -0.4 is 5.32 Å². The van der Waals surface area contributed by atoms with Crippen LogP contribution in [0.25, 0.3) is 0 Å². The highest BCUT2D eigenvalue weighted by molar-refractivity contribution is 5.67. The standard InChI is InChI=1S/C9H10N2O/c12-6-8-2-1-7-5-10-4-3-9(7)11-8/h3-6,8,11H,1-2H2. The summed E-state index contributed by atoms with van der Waals surface area (Å²) in [7, 11) is 0. The third-order valence-corrected chi connectivity index (χ3v) is 2.13. The number of nitrogens with zero attached hydrogens (tertiary/aromatic N) is 1. The van der Waals surface area contributed by atoms with E-state index in [0.29, 0.717) is 0 Å². The summed E-state index contributed by atoms with van der Waals surface area (Å²) in [5.41, 5.74) is 2.25. The Hall–Kier alpha value is -1.38. The van der Waals surface area contributed by atoms with Gasteiger partial charge in [-0.1, -0.05) is 0 Å². The second-order valence-corrected chi connectivity index (χ2v) is 2.96. The minimum absolute atomic E-state index is 0.0140. The van der Waals surface area contributed by atoms with Gasteiger partial charge in [0.05, 0.1) is 6.04 Å². The summed E-state index contributed by atoms with van der Waals surface area (Å²) < 4.78 is 0. The number of hydrogen-bond donors (Lipinski definition) is 1. The van der Waals surface area contributed by atoms with Gasteiger partial charge in [-0.15, -0.1) is 0 Å². The zero-order valence-corrected chi connectivity index (χ0v) is 6.66. The van der Waals surface area contributed by atoms with Crippen LogP contribution in [0.2, 0.25) is 0 Å². The Kier molecular flexibility index (Phi) is 1.78. The van der Waals surface area contributed by atoms with Gasteiger partial charge >= 0.3 is 0 Å². The van der Waals surface area contributed by atoms with Crippen molar-refractivity contribution in [2.45, 2.75) is 18.9 Å². The van der Waals surface area contributed by atoms with E-state index in [0.717, 1.165) is 24.8 Å². The monoisotopic (exact) mass is 162 g/mol. The van der Waals surface area contributed by atoms with Gasteiger partial charge in [-0.25, -0.2) is 0 Å². The molecule has 1 N–H and O–H groups in total. The molecule has 0 aliphatic carbocycles. The lowest BCUT2D eigenvalue weighted by Crippen LogP contribution is -2.26. The van der Waals surface area contributed by atoms with Crippen molar-refractivity contribution < 1.29 is 4.79 Å². The Balaban J connectivity index is 2.28. The van der Waals surface area contributed by atoms with Crippen LogP contribution in [0, 0.1) is 0 Å². The Morgan fingerprint density at radius 2 is 2.58 bits per heavy atom. The van der Waals surface area contributed by atoms with Crippen molar-refractivity contribution in [3.63, 3.8) is 0 Å². The molecule has 12 heavy (non-hydrogen) atoms. The molecular weight excluding hydrogens is 152 g/mol. The van der Waals surface area contributed by atoms with Crippen LogP contribution in [0.1, 0.15) is 12.0 Å². The van der Waals surface area contributed by atoms with Gasteiger partial charge in [0.25, 0.3) is 0 Å². The van der Waals surface area contributed by atoms with Crippen molar-refractivity contribution in [3.05, 3.63) is 24.0 Å². The molecule has 1 aromatic heterocycles. The number of aromatic nitrogens is 1. The first-order valence-electron chi connectivity index (χ1n) is 4.05. The predicted molar refractivity (Wildman–Crippen MR) is 46.0 cm³/mol. The minimum atomic E-state index is -0.0140. The maximum absolute atomic E-state index is 10.5. The summed E-state index contributed by atoms with van der Waals surface area (Å²) in [5.74, 6) is 0. The quantitative estimate of drug-likeness (QED) is 0.626. The van der Waals surface area contributed by atoms with Crippen LogP contribution in [0.5, 0.6) is 0 Å². The van der Waals surface area contributed by atoms with Gasteiger partial charge in [0.15, 0.2) is 0 Å². The van der Waals surface area contributed by atoms with E-state index in [9.17, 15) is 4.79 Å². The Labute approximate surface area is 70.8 Å². The van der Waals surface area contributed by atoms with Crippen molar-refractivity contribution in [1.82, 2.24) is 4.98 Å². The van der Waals surface area contributed by atoms with Crippen LogP contribution in [-0.2, 0) is 11.2 Å². The molecular formula is C9H10N2O. The number of carbonyl (C=O) groups is 1. The number of carbonyl (C=O) groups excluding carboxylic acids is 1. The fraction of sp³-hybridized carbons (Fsp3) is 0.333. The molecule has 0 radical (unpaired) electrons. The summed E-state index contributed by atoms with van der Waals surface area (Å²) in [6, 6.07) is 1.89. The topological polar surface area (TPSA) is 42.0 Å². The Bertz CT molecular complexity index is 298. The van der Waals surface area contributed by atoms with Crippen molar-refractivity contribution in [1.29, 1.82) is 0 Å². The Morgan fingerprint density at radius 3 is 3.42 bits per heavy atom. The molecule has 0 fully saturated rings. The molecule has 2 heterocycles. The van der Waals surface area contributed by atoms with E-state index < -0.39 is 0 Å². The molecule has 0 amide bonds. The average Bonchev–Trinajstić information content (AvgIpc) is 2.17. The smallest absolute Gasteiger partial charge is 0.142 e. The van der Waals surface area contributed by atoms with Gasteiger partial charge in [0.2, 0.25) is 0 Å². The molecule has 62 valence electrons. The molecule has 1 aromatic rings. The van der Waals surface area contributed by atoms with E-state index in [2.05, 4.69) is 10.3 Å². The second-order valence-electron chi connectivity index (χ2n) is 2.96. The molecule has 1 unspecified atom stereocenters. The van der Waals surface area contributed by atoms with Crippen LogP contribution >= 0.6 is 0 Å². The van der Waals surface area contributed by atoms with Gasteiger partial charge in [0, 0.05) is 18.1 Å². The zero-order valence-electron chi connectivity index (χ0n) is 6.66. The number of aryl methyl sites for hydroxylation is 1. The van der Waals surface area contributed by atoms with E-state index >= 15 is 0 Å². The number of nitrogens with one attached hydrogen (secondary N) is 1. The predicted octanol–water partition coefficient (Wildman–Crippen LogP) is 1.01. The summed E-state index contributed by atoms with van der Waals surface area (Å²) in [5, 5.41) is 3.14. The normalized spacial score (nSPS) is 20.8.